The van der Waals surface area contributed by atoms with Crippen LogP contribution >= 0.6 is 22.6 Å². The lowest BCUT2D eigenvalue weighted by atomic mass is 9.99. The van der Waals surface area contributed by atoms with E-state index < -0.39 is 9.84 Å². The summed E-state index contributed by atoms with van der Waals surface area (Å²) < 4.78 is 24.2. The molecular weight excluding hydrogens is 397 g/mol. The second-order valence-corrected chi connectivity index (χ2v) is 8.27. The van der Waals surface area contributed by atoms with Crippen LogP contribution in [0.5, 0.6) is 0 Å². The Kier molecular flexibility index (Phi) is 5.40. The Labute approximate surface area is 139 Å². The first-order valence-corrected chi connectivity index (χ1v) is 9.59. The van der Waals surface area contributed by atoms with Gasteiger partial charge in [-0.1, -0.05) is 24.3 Å². The molecule has 0 spiro atoms. The lowest BCUT2D eigenvalue weighted by molar-refractivity contribution is 0.590. The summed E-state index contributed by atoms with van der Waals surface area (Å²) in [6, 6.07) is 15.7. The van der Waals surface area contributed by atoms with Gasteiger partial charge in [-0.25, -0.2) is 8.42 Å². The van der Waals surface area contributed by atoms with Crippen molar-refractivity contribution in [3.8, 4) is 0 Å². The van der Waals surface area contributed by atoms with E-state index in [4.69, 9.17) is 0 Å². The highest BCUT2D eigenvalue weighted by Crippen LogP contribution is 2.20. The van der Waals surface area contributed by atoms with Gasteiger partial charge in [-0.3, -0.25) is 0 Å². The predicted molar refractivity (Wildman–Crippen MR) is 94.2 cm³/mol. The third-order valence-corrected chi connectivity index (χ3v) is 5.26. The number of benzene rings is 2. The molecule has 2 aromatic rings. The summed E-state index contributed by atoms with van der Waals surface area (Å²) in [7, 11) is -1.22. The summed E-state index contributed by atoms with van der Waals surface area (Å²) in [5.74, 6) is 0. The molecule has 0 amide bonds. The Morgan fingerprint density at radius 2 is 1.62 bits per heavy atom. The van der Waals surface area contributed by atoms with Gasteiger partial charge >= 0.3 is 0 Å². The van der Waals surface area contributed by atoms with E-state index in [0.717, 1.165) is 12.0 Å². The molecule has 21 heavy (non-hydrogen) atoms. The van der Waals surface area contributed by atoms with Crippen molar-refractivity contribution < 1.29 is 8.42 Å². The zero-order valence-corrected chi connectivity index (χ0v) is 15.0. The molecule has 112 valence electrons. The fourth-order valence-corrected chi connectivity index (χ4v) is 3.18. The molecule has 3 nitrogen and oxygen atoms in total. The topological polar surface area (TPSA) is 46.2 Å². The highest BCUT2D eigenvalue weighted by atomic mass is 127. The van der Waals surface area contributed by atoms with Crippen molar-refractivity contribution in [1.29, 1.82) is 0 Å². The lowest BCUT2D eigenvalue weighted by Gasteiger charge is -2.17. The van der Waals surface area contributed by atoms with Gasteiger partial charge in [0.05, 0.1) is 4.90 Å². The summed E-state index contributed by atoms with van der Waals surface area (Å²) in [4.78, 5) is 0.357. The summed E-state index contributed by atoms with van der Waals surface area (Å²) >= 11 is 2.29. The second kappa shape index (κ2) is 6.89. The zero-order valence-electron chi connectivity index (χ0n) is 12.0. The summed E-state index contributed by atoms with van der Waals surface area (Å²) in [5.41, 5.74) is 2.34. The Morgan fingerprint density at radius 3 is 2.10 bits per heavy atom. The fourth-order valence-electron chi connectivity index (χ4n) is 2.19. The number of hydrogen-bond donors (Lipinski definition) is 1. The first kappa shape index (κ1) is 16.5. The molecule has 1 atom stereocenters. The molecular formula is C16H18INO2S. The Bertz CT molecular complexity index is 694. The van der Waals surface area contributed by atoms with E-state index in [1.165, 1.54) is 15.4 Å². The SMILES string of the molecule is CNC(Cc1ccc(I)cc1)c1ccc(S(C)(=O)=O)cc1. The van der Waals surface area contributed by atoms with Gasteiger partial charge in [-0.2, -0.15) is 0 Å². The van der Waals surface area contributed by atoms with E-state index in [9.17, 15) is 8.42 Å². The van der Waals surface area contributed by atoms with Crippen molar-refractivity contribution in [2.75, 3.05) is 13.3 Å². The predicted octanol–water partition coefficient (Wildman–Crippen LogP) is 3.20. The summed E-state index contributed by atoms with van der Waals surface area (Å²) in [5, 5.41) is 3.29. The number of likely N-dealkylation sites (N-methyl/N-ethyl adjacent to an activating group) is 1. The van der Waals surface area contributed by atoms with Gasteiger partial charge in [0.25, 0.3) is 0 Å². The molecule has 1 unspecified atom stereocenters. The average molecular weight is 415 g/mol. The standard InChI is InChI=1S/C16H18INO2S/c1-18-16(11-12-3-7-14(17)8-4-12)13-5-9-15(10-6-13)21(2,19)20/h3-10,16,18H,11H2,1-2H3. The van der Waals surface area contributed by atoms with Crippen LogP contribution in [0.3, 0.4) is 0 Å². The molecule has 1 N–H and O–H groups in total. The zero-order chi connectivity index (χ0) is 15.5. The molecule has 0 fully saturated rings. The van der Waals surface area contributed by atoms with Crippen LogP contribution in [0, 0.1) is 3.57 Å². The molecule has 0 bridgehead atoms. The molecule has 0 saturated heterocycles. The maximum atomic E-state index is 11.5. The molecule has 0 radical (unpaired) electrons. The van der Waals surface area contributed by atoms with Crippen molar-refractivity contribution >= 4 is 32.4 Å². The molecule has 0 aliphatic carbocycles. The third kappa shape index (κ3) is 4.52. The number of rotatable bonds is 5. The lowest BCUT2D eigenvalue weighted by Crippen LogP contribution is -2.18. The van der Waals surface area contributed by atoms with E-state index in [1.807, 2.05) is 19.2 Å². The van der Waals surface area contributed by atoms with Crippen LogP contribution in [-0.4, -0.2) is 21.7 Å². The van der Waals surface area contributed by atoms with Crippen LogP contribution in [-0.2, 0) is 16.3 Å². The van der Waals surface area contributed by atoms with Gasteiger partial charge in [0.2, 0.25) is 0 Å². The molecule has 0 saturated carbocycles. The smallest absolute Gasteiger partial charge is 0.175 e. The maximum absolute atomic E-state index is 11.5. The highest BCUT2D eigenvalue weighted by molar-refractivity contribution is 14.1. The molecule has 2 aromatic carbocycles. The van der Waals surface area contributed by atoms with Gasteiger partial charge in [-0.15, -0.1) is 0 Å². The largest absolute Gasteiger partial charge is 0.313 e. The van der Waals surface area contributed by atoms with Gasteiger partial charge in [0.15, 0.2) is 9.84 Å². The molecule has 0 heterocycles. The van der Waals surface area contributed by atoms with Crippen molar-refractivity contribution in [3.05, 3.63) is 63.2 Å². The van der Waals surface area contributed by atoms with Crippen LogP contribution in [0.1, 0.15) is 17.2 Å². The van der Waals surface area contributed by atoms with Crippen molar-refractivity contribution in [3.63, 3.8) is 0 Å². The maximum Gasteiger partial charge on any atom is 0.175 e. The molecule has 2 rings (SSSR count). The minimum Gasteiger partial charge on any atom is -0.313 e. The molecule has 0 aliphatic heterocycles. The molecule has 5 heteroatoms. The highest BCUT2D eigenvalue weighted by Gasteiger charge is 2.12. The number of sulfone groups is 1. The van der Waals surface area contributed by atoms with Crippen LogP contribution in [0.4, 0.5) is 0 Å². The van der Waals surface area contributed by atoms with Crippen LogP contribution in [0.25, 0.3) is 0 Å². The quantitative estimate of drug-likeness (QED) is 0.764. The van der Waals surface area contributed by atoms with Gasteiger partial charge in [0, 0.05) is 15.9 Å². The van der Waals surface area contributed by atoms with Crippen molar-refractivity contribution in [1.82, 2.24) is 5.32 Å². The van der Waals surface area contributed by atoms with E-state index in [2.05, 4.69) is 52.2 Å². The van der Waals surface area contributed by atoms with Gasteiger partial charge < -0.3 is 5.32 Å². The normalized spacial score (nSPS) is 13.1. The average Bonchev–Trinajstić information content (AvgIpc) is 2.46. The number of halogens is 1. The molecule has 0 aromatic heterocycles. The fraction of sp³-hybridized carbons (Fsp3) is 0.250. The first-order valence-electron chi connectivity index (χ1n) is 6.62. The van der Waals surface area contributed by atoms with Crippen LogP contribution in [0.2, 0.25) is 0 Å². The Morgan fingerprint density at radius 1 is 1.05 bits per heavy atom. The summed E-state index contributed by atoms with van der Waals surface area (Å²) in [6.45, 7) is 0. The van der Waals surface area contributed by atoms with Crippen molar-refractivity contribution in [2.24, 2.45) is 0 Å². The first-order chi connectivity index (χ1) is 9.90. The Hall–Kier alpha value is -0.920. The van der Waals surface area contributed by atoms with Gasteiger partial charge in [0.1, 0.15) is 0 Å². The van der Waals surface area contributed by atoms with Gasteiger partial charge in [-0.05, 0) is 71.5 Å². The number of nitrogens with one attached hydrogen (secondary N) is 1. The van der Waals surface area contributed by atoms with E-state index in [1.54, 1.807) is 12.1 Å². The van der Waals surface area contributed by atoms with Crippen LogP contribution < -0.4 is 5.32 Å². The van der Waals surface area contributed by atoms with E-state index in [0.29, 0.717) is 4.90 Å². The molecule has 0 aliphatic rings. The Balaban J connectivity index is 2.19. The third-order valence-electron chi connectivity index (χ3n) is 3.41. The van der Waals surface area contributed by atoms with Crippen molar-refractivity contribution in [2.45, 2.75) is 17.4 Å². The summed E-state index contributed by atoms with van der Waals surface area (Å²) in [6.07, 6.45) is 2.09. The number of hydrogen-bond acceptors (Lipinski definition) is 3. The van der Waals surface area contributed by atoms with E-state index >= 15 is 0 Å². The second-order valence-electron chi connectivity index (χ2n) is 5.01. The minimum atomic E-state index is -3.14. The monoisotopic (exact) mass is 415 g/mol. The van der Waals surface area contributed by atoms with E-state index in [-0.39, 0.29) is 6.04 Å². The minimum absolute atomic E-state index is 0.165. The van der Waals surface area contributed by atoms with Crippen LogP contribution in [0.15, 0.2) is 53.4 Å².